The lowest BCUT2D eigenvalue weighted by molar-refractivity contribution is -0.127. The smallest absolute Gasteiger partial charge is 0.375 e. The van der Waals surface area contributed by atoms with E-state index < -0.39 is 18.0 Å². The van der Waals surface area contributed by atoms with Crippen LogP contribution < -0.4 is 5.73 Å². The first-order valence-electron chi connectivity index (χ1n) is 7.22. The van der Waals surface area contributed by atoms with E-state index in [0.29, 0.717) is 27.1 Å². The standard InChI is InChI=1S/C18H14ClNO4/c1-10-12-8-5-9-13(19)16(12)23-14(10)18(22)24-15(17(20)21)11-6-3-2-4-7-11/h2-9,15H,1H3,(H2,20,21). The van der Waals surface area contributed by atoms with Crippen molar-refractivity contribution < 1.29 is 18.7 Å². The summed E-state index contributed by atoms with van der Waals surface area (Å²) < 4.78 is 10.8. The maximum atomic E-state index is 12.5. The molecule has 0 bridgehead atoms. The van der Waals surface area contributed by atoms with Crippen molar-refractivity contribution in [3.63, 3.8) is 0 Å². The molecule has 2 N–H and O–H groups in total. The minimum absolute atomic E-state index is 0.000260. The number of rotatable bonds is 4. The molecule has 5 nitrogen and oxygen atoms in total. The number of amides is 1. The average Bonchev–Trinajstić information content (AvgIpc) is 2.92. The molecule has 0 aliphatic carbocycles. The highest BCUT2D eigenvalue weighted by Crippen LogP contribution is 2.32. The minimum atomic E-state index is -1.19. The third-order valence-electron chi connectivity index (χ3n) is 3.69. The summed E-state index contributed by atoms with van der Waals surface area (Å²) in [5, 5.41) is 1.11. The quantitative estimate of drug-likeness (QED) is 0.731. The second-order valence-corrected chi connectivity index (χ2v) is 5.68. The zero-order chi connectivity index (χ0) is 17.3. The Morgan fingerprint density at radius 1 is 1.12 bits per heavy atom. The zero-order valence-electron chi connectivity index (χ0n) is 12.8. The van der Waals surface area contributed by atoms with Gasteiger partial charge in [0.2, 0.25) is 11.9 Å². The second kappa shape index (κ2) is 6.37. The van der Waals surface area contributed by atoms with Crippen molar-refractivity contribution in [3.05, 3.63) is 70.4 Å². The summed E-state index contributed by atoms with van der Waals surface area (Å²) in [7, 11) is 0. The van der Waals surface area contributed by atoms with Crippen molar-refractivity contribution in [1.82, 2.24) is 0 Å². The van der Waals surface area contributed by atoms with Gasteiger partial charge >= 0.3 is 5.97 Å². The number of hydrogen-bond donors (Lipinski definition) is 1. The second-order valence-electron chi connectivity index (χ2n) is 5.27. The van der Waals surface area contributed by atoms with E-state index in [4.69, 9.17) is 26.5 Å². The first-order chi connectivity index (χ1) is 11.5. The summed E-state index contributed by atoms with van der Waals surface area (Å²) in [5.41, 5.74) is 6.85. The third kappa shape index (κ3) is 2.86. The SMILES string of the molecule is Cc1c(C(=O)OC(C(N)=O)c2ccccc2)oc2c(Cl)cccc12. The highest BCUT2D eigenvalue weighted by molar-refractivity contribution is 6.35. The average molecular weight is 344 g/mol. The molecule has 0 aliphatic rings. The number of esters is 1. The third-order valence-corrected chi connectivity index (χ3v) is 3.98. The molecule has 0 aliphatic heterocycles. The van der Waals surface area contributed by atoms with Gasteiger partial charge < -0.3 is 14.9 Å². The molecule has 6 heteroatoms. The van der Waals surface area contributed by atoms with Gasteiger partial charge in [-0.3, -0.25) is 4.79 Å². The predicted molar refractivity (Wildman–Crippen MR) is 89.8 cm³/mol. The lowest BCUT2D eigenvalue weighted by atomic mass is 10.1. The Labute approximate surface area is 143 Å². The van der Waals surface area contributed by atoms with Gasteiger partial charge in [-0.05, 0) is 13.0 Å². The Balaban J connectivity index is 1.96. The van der Waals surface area contributed by atoms with Crippen LogP contribution in [0.15, 0.2) is 52.9 Å². The Kier molecular flexibility index (Phi) is 4.27. The predicted octanol–water partition coefficient (Wildman–Crippen LogP) is 3.78. The van der Waals surface area contributed by atoms with Crippen molar-refractivity contribution >= 4 is 34.4 Å². The van der Waals surface area contributed by atoms with E-state index in [1.165, 1.54) is 0 Å². The summed E-state index contributed by atoms with van der Waals surface area (Å²) in [6.07, 6.45) is -1.19. The van der Waals surface area contributed by atoms with Gasteiger partial charge in [0, 0.05) is 16.5 Å². The molecule has 0 radical (unpaired) electrons. The number of carbonyl (C=O) groups is 2. The van der Waals surface area contributed by atoms with E-state index in [2.05, 4.69) is 0 Å². The van der Waals surface area contributed by atoms with E-state index in [0.717, 1.165) is 0 Å². The first-order valence-corrected chi connectivity index (χ1v) is 7.59. The molecule has 1 aromatic heterocycles. The highest BCUT2D eigenvalue weighted by atomic mass is 35.5. The molecule has 1 amide bonds. The van der Waals surface area contributed by atoms with E-state index in [-0.39, 0.29) is 5.76 Å². The van der Waals surface area contributed by atoms with Gasteiger partial charge in [0.05, 0.1) is 5.02 Å². The molecule has 3 rings (SSSR count). The molecule has 122 valence electrons. The number of fused-ring (bicyclic) bond motifs is 1. The van der Waals surface area contributed by atoms with Crippen LogP contribution in [0.25, 0.3) is 11.0 Å². The maximum absolute atomic E-state index is 12.5. The molecule has 1 unspecified atom stereocenters. The number of halogens is 1. The molecule has 2 aromatic carbocycles. The van der Waals surface area contributed by atoms with E-state index in [1.807, 2.05) is 0 Å². The fourth-order valence-electron chi connectivity index (χ4n) is 2.48. The number of nitrogens with two attached hydrogens (primary N) is 1. The van der Waals surface area contributed by atoms with Crippen LogP contribution in [0.2, 0.25) is 5.02 Å². The Bertz CT molecular complexity index is 917. The van der Waals surface area contributed by atoms with Crippen LogP contribution in [0.4, 0.5) is 0 Å². The van der Waals surface area contributed by atoms with Gasteiger partial charge in [-0.15, -0.1) is 0 Å². The van der Waals surface area contributed by atoms with Gasteiger partial charge in [0.1, 0.15) is 0 Å². The molecular formula is C18H14ClNO4. The number of hydrogen-bond acceptors (Lipinski definition) is 4. The molecular weight excluding hydrogens is 330 g/mol. The number of para-hydroxylation sites is 1. The summed E-state index contributed by atoms with van der Waals surface area (Å²) in [5.74, 6) is -1.53. The van der Waals surface area contributed by atoms with Crippen LogP contribution >= 0.6 is 11.6 Å². The van der Waals surface area contributed by atoms with E-state index >= 15 is 0 Å². The molecule has 3 aromatic rings. The molecule has 1 heterocycles. The zero-order valence-corrected chi connectivity index (χ0v) is 13.5. The largest absolute Gasteiger partial charge is 0.447 e. The summed E-state index contributed by atoms with van der Waals surface area (Å²) in [6.45, 7) is 1.72. The van der Waals surface area contributed by atoms with Gasteiger partial charge in [-0.2, -0.15) is 0 Å². The fourth-order valence-corrected chi connectivity index (χ4v) is 2.70. The first kappa shape index (κ1) is 16.1. The van der Waals surface area contributed by atoms with Gasteiger partial charge in [-0.25, -0.2) is 4.79 Å². The van der Waals surface area contributed by atoms with Crippen molar-refractivity contribution in [3.8, 4) is 0 Å². The highest BCUT2D eigenvalue weighted by Gasteiger charge is 2.27. The van der Waals surface area contributed by atoms with Gasteiger partial charge in [-0.1, -0.05) is 54.1 Å². The molecule has 0 spiro atoms. The molecule has 0 saturated heterocycles. The van der Waals surface area contributed by atoms with Crippen molar-refractivity contribution in [2.24, 2.45) is 5.73 Å². The normalized spacial score (nSPS) is 12.1. The fraction of sp³-hybridized carbons (Fsp3) is 0.111. The van der Waals surface area contributed by atoms with E-state index in [9.17, 15) is 9.59 Å². The van der Waals surface area contributed by atoms with Crippen molar-refractivity contribution in [2.45, 2.75) is 13.0 Å². The van der Waals surface area contributed by atoms with Crippen LogP contribution in [0.5, 0.6) is 0 Å². The number of primary amides is 1. The van der Waals surface area contributed by atoms with Crippen molar-refractivity contribution in [2.75, 3.05) is 0 Å². The maximum Gasteiger partial charge on any atom is 0.375 e. The van der Waals surface area contributed by atoms with E-state index in [1.54, 1.807) is 55.5 Å². The molecule has 24 heavy (non-hydrogen) atoms. The van der Waals surface area contributed by atoms with Crippen LogP contribution in [-0.2, 0) is 9.53 Å². The molecule has 1 atom stereocenters. The lowest BCUT2D eigenvalue weighted by Crippen LogP contribution is -2.26. The van der Waals surface area contributed by atoms with Crippen LogP contribution in [0.3, 0.4) is 0 Å². The van der Waals surface area contributed by atoms with Crippen molar-refractivity contribution in [1.29, 1.82) is 0 Å². The topological polar surface area (TPSA) is 82.5 Å². The summed E-state index contributed by atoms with van der Waals surface area (Å²) in [6, 6.07) is 13.8. The minimum Gasteiger partial charge on any atom is -0.447 e. The lowest BCUT2D eigenvalue weighted by Gasteiger charge is -2.14. The van der Waals surface area contributed by atoms with Crippen LogP contribution in [0, 0.1) is 6.92 Å². The van der Waals surface area contributed by atoms with Gasteiger partial charge in [0.25, 0.3) is 5.91 Å². The van der Waals surface area contributed by atoms with Crippen LogP contribution in [0.1, 0.15) is 27.8 Å². The molecule has 0 saturated carbocycles. The Morgan fingerprint density at radius 2 is 1.83 bits per heavy atom. The van der Waals surface area contributed by atoms with Crippen LogP contribution in [-0.4, -0.2) is 11.9 Å². The molecule has 0 fully saturated rings. The Morgan fingerprint density at radius 3 is 2.46 bits per heavy atom. The van der Waals surface area contributed by atoms with Gasteiger partial charge in [0.15, 0.2) is 5.58 Å². The summed E-state index contributed by atoms with van der Waals surface area (Å²) >= 11 is 6.08. The number of ether oxygens (including phenoxy) is 1. The monoisotopic (exact) mass is 343 g/mol. The Hall–Kier alpha value is -2.79. The number of aryl methyl sites for hydroxylation is 1. The summed E-state index contributed by atoms with van der Waals surface area (Å²) in [4.78, 5) is 24.1. The number of carbonyl (C=O) groups excluding carboxylic acids is 2. The number of benzene rings is 2. The number of furan rings is 1.